The summed E-state index contributed by atoms with van der Waals surface area (Å²) in [6, 6.07) is 0. The van der Waals surface area contributed by atoms with Gasteiger partial charge in [0.1, 0.15) is 9.84 Å². The first kappa shape index (κ1) is 13.5. The summed E-state index contributed by atoms with van der Waals surface area (Å²) in [4.78, 5) is 12.1. The Kier molecular flexibility index (Phi) is 5.28. The lowest BCUT2D eigenvalue weighted by Gasteiger charge is -2.33. The molecule has 0 unspecified atom stereocenters. The van der Waals surface area contributed by atoms with E-state index >= 15 is 0 Å². The Morgan fingerprint density at radius 2 is 2.12 bits per heavy atom. The molecule has 0 aromatic heterocycles. The van der Waals surface area contributed by atoms with Gasteiger partial charge in [0.25, 0.3) is 0 Å². The van der Waals surface area contributed by atoms with Gasteiger partial charge in [0.05, 0.1) is 6.54 Å². The Hall–Kier alpha value is -0.550. The van der Waals surface area contributed by atoms with E-state index in [1.54, 1.807) is 29.6 Å². The summed E-state index contributed by atoms with van der Waals surface area (Å²) in [5.74, 6) is 1.92. The number of aliphatic hydroxyl groups excluding tert-OH is 1. The molecule has 0 aromatic rings. The van der Waals surface area contributed by atoms with Crippen molar-refractivity contribution in [2.24, 2.45) is 0 Å². The van der Waals surface area contributed by atoms with Crippen molar-refractivity contribution in [2.45, 2.75) is 16.9 Å². The maximum atomic E-state index is 12.1. The van der Waals surface area contributed by atoms with Gasteiger partial charge in [-0.1, -0.05) is 12.7 Å². The van der Waals surface area contributed by atoms with E-state index in [1.165, 1.54) is 0 Å². The van der Waals surface area contributed by atoms with Gasteiger partial charge >= 0.3 is 0 Å². The van der Waals surface area contributed by atoms with Crippen molar-refractivity contribution in [3.63, 3.8) is 0 Å². The quantitative estimate of drug-likeness (QED) is 0.587. The van der Waals surface area contributed by atoms with Gasteiger partial charge in [0.15, 0.2) is 0 Å². The van der Waals surface area contributed by atoms with Gasteiger partial charge in [-0.2, -0.15) is 0 Å². The smallest absolute Gasteiger partial charge is 0.247 e. The van der Waals surface area contributed by atoms with E-state index in [0.29, 0.717) is 6.42 Å². The molecule has 0 atom stereocenters. The lowest BCUT2D eigenvalue weighted by Crippen LogP contribution is -2.44. The molecule has 0 bridgehead atoms. The second-order valence-electron chi connectivity index (χ2n) is 3.55. The topological polar surface area (TPSA) is 49.3 Å². The molecule has 0 aliphatic carbocycles. The third-order valence-electron chi connectivity index (χ3n) is 2.17. The van der Waals surface area contributed by atoms with Crippen molar-refractivity contribution >= 4 is 29.4 Å². The van der Waals surface area contributed by atoms with E-state index in [9.17, 15) is 4.79 Å². The number of rotatable bonds is 5. The minimum absolute atomic E-state index is 0.0205. The number of amides is 1. The second-order valence-corrected chi connectivity index (χ2v) is 6.59. The van der Waals surface area contributed by atoms with Crippen LogP contribution in [0.3, 0.4) is 0 Å². The fourth-order valence-corrected chi connectivity index (χ4v) is 4.55. The van der Waals surface area contributed by atoms with Gasteiger partial charge in [0, 0.05) is 0 Å². The van der Waals surface area contributed by atoms with Gasteiger partial charge in [-0.3, -0.25) is 4.79 Å². The van der Waals surface area contributed by atoms with E-state index in [-0.39, 0.29) is 18.2 Å². The Labute approximate surface area is 105 Å². The molecule has 90 valence electrons. The number of allylic oxidation sites excluding steroid dienone is 1. The number of aliphatic hydroxyl groups is 1. The fourth-order valence-electron chi connectivity index (χ4n) is 1.42. The first-order valence-corrected chi connectivity index (χ1v) is 7.12. The van der Waals surface area contributed by atoms with Gasteiger partial charge in [-0.25, -0.2) is 0 Å². The average Bonchev–Trinajstić information content (AvgIpc) is 2.27. The number of hydrogen-bond acceptors (Lipinski definition) is 4. The highest BCUT2D eigenvalue weighted by Gasteiger charge is 2.39. The van der Waals surface area contributed by atoms with Crippen LogP contribution >= 0.6 is 23.5 Å². The Morgan fingerprint density at radius 3 is 2.62 bits per heavy atom. The van der Waals surface area contributed by atoms with Crippen molar-refractivity contribution in [3.05, 3.63) is 25.0 Å². The highest BCUT2D eigenvalue weighted by Crippen LogP contribution is 2.45. The molecule has 1 rings (SSSR count). The summed E-state index contributed by atoms with van der Waals surface area (Å²) < 4.78 is -0.463. The summed E-state index contributed by atoms with van der Waals surface area (Å²) in [6.07, 6.45) is 3.55. The zero-order valence-corrected chi connectivity index (χ0v) is 10.8. The van der Waals surface area contributed by atoms with Crippen LogP contribution in [0.4, 0.5) is 0 Å². The molecule has 1 amide bonds. The highest BCUT2D eigenvalue weighted by atomic mass is 32.2. The maximum Gasteiger partial charge on any atom is 0.247 e. The van der Waals surface area contributed by atoms with Gasteiger partial charge in [0.2, 0.25) is 5.91 Å². The molecule has 2 N–H and O–H groups in total. The van der Waals surface area contributed by atoms with Crippen LogP contribution in [0.2, 0.25) is 0 Å². The molecule has 1 saturated heterocycles. The molecule has 0 spiro atoms. The SMILES string of the molecule is C=CCC1(C(=O)NCC(=C)O)SCCCS1. The molecule has 1 aliphatic rings. The van der Waals surface area contributed by atoms with Crippen LogP contribution in [0, 0.1) is 0 Å². The minimum atomic E-state index is -0.463. The van der Waals surface area contributed by atoms with E-state index < -0.39 is 4.08 Å². The normalized spacial score (nSPS) is 18.8. The molecule has 5 heteroatoms. The zero-order chi connectivity index (χ0) is 12.0. The van der Waals surface area contributed by atoms with Crippen molar-refractivity contribution < 1.29 is 9.90 Å². The third kappa shape index (κ3) is 3.49. The number of carbonyl (C=O) groups is 1. The molecule has 1 heterocycles. The molecule has 1 aliphatic heterocycles. The lowest BCUT2D eigenvalue weighted by molar-refractivity contribution is -0.121. The van der Waals surface area contributed by atoms with E-state index in [0.717, 1.165) is 17.9 Å². The van der Waals surface area contributed by atoms with Crippen molar-refractivity contribution in [1.29, 1.82) is 0 Å². The molecule has 0 aromatic carbocycles. The number of nitrogens with one attached hydrogen (secondary N) is 1. The summed E-state index contributed by atoms with van der Waals surface area (Å²) in [6.45, 7) is 7.18. The first-order chi connectivity index (χ1) is 7.60. The zero-order valence-electron chi connectivity index (χ0n) is 9.20. The van der Waals surface area contributed by atoms with E-state index in [2.05, 4.69) is 18.5 Å². The molecule has 1 fully saturated rings. The molecule has 0 saturated carbocycles. The predicted molar refractivity (Wildman–Crippen MR) is 71.9 cm³/mol. The second kappa shape index (κ2) is 6.25. The molecule has 3 nitrogen and oxygen atoms in total. The Bertz CT molecular complexity index is 286. The van der Waals surface area contributed by atoms with Crippen molar-refractivity contribution in [1.82, 2.24) is 5.32 Å². The molecule has 0 radical (unpaired) electrons. The number of hydrogen-bond donors (Lipinski definition) is 2. The monoisotopic (exact) mass is 259 g/mol. The van der Waals surface area contributed by atoms with Gasteiger partial charge in [-0.15, -0.1) is 30.1 Å². The molecular weight excluding hydrogens is 242 g/mol. The maximum absolute atomic E-state index is 12.1. The summed E-state index contributed by atoms with van der Waals surface area (Å²) >= 11 is 3.33. The van der Waals surface area contributed by atoms with Crippen LogP contribution in [-0.4, -0.2) is 33.1 Å². The predicted octanol–water partition coefficient (Wildman–Crippen LogP) is 2.32. The van der Waals surface area contributed by atoms with Crippen LogP contribution < -0.4 is 5.32 Å². The van der Waals surface area contributed by atoms with E-state index in [4.69, 9.17) is 5.11 Å². The summed E-state index contributed by atoms with van der Waals surface area (Å²) in [5.41, 5.74) is 0. The fraction of sp³-hybridized carbons (Fsp3) is 0.545. The number of carbonyl (C=O) groups excluding carboxylic acids is 1. The van der Waals surface area contributed by atoms with Crippen LogP contribution in [-0.2, 0) is 4.79 Å². The van der Waals surface area contributed by atoms with Crippen LogP contribution in [0.15, 0.2) is 25.0 Å². The van der Waals surface area contributed by atoms with Crippen molar-refractivity contribution in [2.75, 3.05) is 18.1 Å². The van der Waals surface area contributed by atoms with Gasteiger partial charge < -0.3 is 10.4 Å². The molecular formula is C11H17NO2S2. The van der Waals surface area contributed by atoms with Crippen molar-refractivity contribution in [3.8, 4) is 0 Å². The molecule has 16 heavy (non-hydrogen) atoms. The van der Waals surface area contributed by atoms with Gasteiger partial charge in [-0.05, 0) is 24.3 Å². The first-order valence-electron chi connectivity index (χ1n) is 5.14. The van der Waals surface area contributed by atoms with Crippen LogP contribution in [0.25, 0.3) is 0 Å². The largest absolute Gasteiger partial charge is 0.511 e. The summed E-state index contributed by atoms with van der Waals surface area (Å²) in [5, 5.41) is 11.7. The Balaban J connectivity index is 2.63. The average molecular weight is 259 g/mol. The highest BCUT2D eigenvalue weighted by molar-refractivity contribution is 8.19. The van der Waals surface area contributed by atoms with Crippen LogP contribution in [0.1, 0.15) is 12.8 Å². The Morgan fingerprint density at radius 1 is 1.50 bits per heavy atom. The third-order valence-corrected chi connectivity index (χ3v) is 5.50. The number of thioether (sulfide) groups is 2. The van der Waals surface area contributed by atoms with E-state index in [1.807, 2.05) is 0 Å². The van der Waals surface area contributed by atoms with Crippen LogP contribution in [0.5, 0.6) is 0 Å². The summed E-state index contributed by atoms with van der Waals surface area (Å²) in [7, 11) is 0. The lowest BCUT2D eigenvalue weighted by atomic mass is 10.2. The standard InChI is InChI=1S/C11H17NO2S2/c1-3-5-11(15-6-4-7-16-11)10(14)12-8-9(2)13/h3,13H,1-2,4-8H2,(H,12,14). The minimum Gasteiger partial charge on any atom is -0.511 e.